The molecule has 0 aliphatic heterocycles. The minimum atomic E-state index is 0.637. The van der Waals surface area contributed by atoms with E-state index in [9.17, 15) is 0 Å². The van der Waals surface area contributed by atoms with Gasteiger partial charge < -0.3 is 9.32 Å². The molecule has 258 valence electrons. The molecule has 0 fully saturated rings. The monoisotopic (exact) mass is 720 g/mol. The van der Waals surface area contributed by atoms with Gasteiger partial charge in [0.05, 0.1) is 5.69 Å². The first-order valence-electron chi connectivity index (χ1n) is 18.5. The number of nitrogens with zero attached hydrogens (tertiary/aromatic N) is 2. The standard InChI is InChI=1S/C51H32N2OS/c1-3-12-33(13-4-1)41-18-7-9-20-46(41)53(40-26-28-44-43-19-8-10-21-47(43)55-48(44)32-40)39-17-11-16-36(31-39)37-24-27-42-38(30-37)23-22-34-25-29-45-50(49(34)42)54-51(52-45)35-14-5-2-6-15-35/h1-32H. The molecule has 0 spiro atoms. The molecule has 0 aliphatic rings. The van der Waals surface area contributed by atoms with Gasteiger partial charge in [-0.05, 0) is 93.5 Å². The average molecular weight is 721 g/mol. The van der Waals surface area contributed by atoms with E-state index in [0.29, 0.717) is 5.89 Å². The van der Waals surface area contributed by atoms with Crippen molar-refractivity contribution in [2.75, 3.05) is 4.90 Å². The van der Waals surface area contributed by atoms with Crippen LogP contribution in [0.5, 0.6) is 0 Å². The Morgan fingerprint density at radius 3 is 2.00 bits per heavy atom. The van der Waals surface area contributed by atoms with Gasteiger partial charge in [0.2, 0.25) is 5.89 Å². The summed E-state index contributed by atoms with van der Waals surface area (Å²) in [4.78, 5) is 7.28. The highest BCUT2D eigenvalue weighted by Gasteiger charge is 2.20. The smallest absolute Gasteiger partial charge is 0.227 e. The lowest BCUT2D eigenvalue weighted by Gasteiger charge is -2.28. The topological polar surface area (TPSA) is 29.3 Å². The molecule has 11 rings (SSSR count). The number of oxazole rings is 1. The van der Waals surface area contributed by atoms with Crippen LogP contribution in [0.15, 0.2) is 199 Å². The Kier molecular flexibility index (Phi) is 7.35. The first kappa shape index (κ1) is 31.5. The van der Waals surface area contributed by atoms with Crippen LogP contribution in [0, 0.1) is 0 Å². The maximum Gasteiger partial charge on any atom is 0.227 e. The second-order valence-corrected chi connectivity index (χ2v) is 15.0. The molecule has 4 heteroatoms. The van der Waals surface area contributed by atoms with Crippen LogP contribution in [0.4, 0.5) is 17.1 Å². The van der Waals surface area contributed by atoms with Gasteiger partial charge in [-0.15, -0.1) is 11.3 Å². The summed E-state index contributed by atoms with van der Waals surface area (Å²) in [5.41, 5.74) is 10.7. The molecule has 0 unspecified atom stereocenters. The fourth-order valence-electron chi connectivity index (χ4n) is 8.05. The minimum absolute atomic E-state index is 0.637. The maximum absolute atomic E-state index is 6.49. The van der Waals surface area contributed by atoms with Gasteiger partial charge in [-0.1, -0.05) is 133 Å². The van der Waals surface area contributed by atoms with E-state index in [1.54, 1.807) is 0 Å². The summed E-state index contributed by atoms with van der Waals surface area (Å²) < 4.78 is 9.06. The second-order valence-electron chi connectivity index (χ2n) is 13.9. The van der Waals surface area contributed by atoms with Crippen molar-refractivity contribution in [2.45, 2.75) is 0 Å². The van der Waals surface area contributed by atoms with Gasteiger partial charge in [0.25, 0.3) is 0 Å². The van der Waals surface area contributed by atoms with E-state index in [-0.39, 0.29) is 0 Å². The summed E-state index contributed by atoms with van der Waals surface area (Å²) >= 11 is 1.85. The van der Waals surface area contributed by atoms with Crippen LogP contribution >= 0.6 is 11.3 Å². The molecule has 0 saturated heterocycles. The van der Waals surface area contributed by atoms with E-state index < -0.39 is 0 Å². The molecule has 0 aliphatic carbocycles. The molecule has 0 saturated carbocycles. The van der Waals surface area contributed by atoms with Gasteiger partial charge >= 0.3 is 0 Å². The highest BCUT2D eigenvalue weighted by atomic mass is 32.1. The third-order valence-corrected chi connectivity index (χ3v) is 11.8. The summed E-state index contributed by atoms with van der Waals surface area (Å²) in [5, 5.41) is 7.11. The number of hydrogen-bond donors (Lipinski definition) is 0. The second kappa shape index (κ2) is 12.8. The first-order chi connectivity index (χ1) is 27.2. The van der Waals surface area contributed by atoms with Crippen molar-refractivity contribution < 1.29 is 4.42 Å². The zero-order chi connectivity index (χ0) is 36.3. The van der Waals surface area contributed by atoms with Gasteiger partial charge in [-0.3, -0.25) is 0 Å². The third kappa shape index (κ3) is 5.38. The largest absolute Gasteiger partial charge is 0.435 e. The van der Waals surface area contributed by atoms with Crippen molar-refractivity contribution in [2.24, 2.45) is 0 Å². The predicted octanol–water partition coefficient (Wildman–Crippen LogP) is 15.0. The zero-order valence-electron chi connectivity index (χ0n) is 29.7. The van der Waals surface area contributed by atoms with Crippen molar-refractivity contribution >= 4 is 81.2 Å². The Hall–Kier alpha value is -7.01. The summed E-state index contributed by atoms with van der Waals surface area (Å²) in [6.45, 7) is 0. The van der Waals surface area contributed by atoms with Crippen molar-refractivity contribution in [3.05, 3.63) is 194 Å². The molecule has 0 N–H and O–H groups in total. The van der Waals surface area contributed by atoms with E-state index in [2.05, 4.69) is 169 Å². The summed E-state index contributed by atoms with van der Waals surface area (Å²) in [6.07, 6.45) is 0. The number of aromatic nitrogens is 1. The molecule has 0 radical (unpaired) electrons. The molecule has 9 aromatic carbocycles. The Bertz CT molecular complexity index is 3220. The lowest BCUT2D eigenvalue weighted by atomic mass is 9.96. The molecule has 11 aromatic rings. The van der Waals surface area contributed by atoms with Crippen molar-refractivity contribution in [1.82, 2.24) is 4.98 Å². The van der Waals surface area contributed by atoms with E-state index in [0.717, 1.165) is 66.4 Å². The number of thiophene rings is 1. The summed E-state index contributed by atoms with van der Waals surface area (Å²) in [6, 6.07) is 69.4. The number of para-hydroxylation sites is 1. The number of benzene rings is 9. The van der Waals surface area contributed by atoms with Crippen molar-refractivity contribution in [3.63, 3.8) is 0 Å². The van der Waals surface area contributed by atoms with E-state index in [4.69, 9.17) is 9.40 Å². The Labute approximate surface area is 322 Å². The summed E-state index contributed by atoms with van der Waals surface area (Å²) in [7, 11) is 0. The Morgan fingerprint density at radius 2 is 1.11 bits per heavy atom. The molecule has 0 amide bonds. The van der Waals surface area contributed by atoms with Crippen LogP contribution in [0.25, 0.3) is 86.5 Å². The lowest BCUT2D eigenvalue weighted by Crippen LogP contribution is -2.11. The molecule has 2 aromatic heterocycles. The number of fused-ring (bicyclic) bond motifs is 8. The van der Waals surface area contributed by atoms with Crippen LogP contribution in [0.2, 0.25) is 0 Å². The molecule has 2 heterocycles. The molecular formula is C51H32N2OS. The zero-order valence-corrected chi connectivity index (χ0v) is 30.5. The fraction of sp³-hybridized carbons (Fsp3) is 0. The van der Waals surface area contributed by atoms with Crippen LogP contribution in [0.1, 0.15) is 0 Å². The Balaban J connectivity index is 1.06. The average Bonchev–Trinajstić information content (AvgIpc) is 3.86. The van der Waals surface area contributed by atoms with Crippen LogP contribution in [-0.4, -0.2) is 4.98 Å². The predicted molar refractivity (Wildman–Crippen MR) is 233 cm³/mol. The van der Waals surface area contributed by atoms with Crippen molar-refractivity contribution in [1.29, 1.82) is 0 Å². The lowest BCUT2D eigenvalue weighted by molar-refractivity contribution is 0.623. The van der Waals surface area contributed by atoms with Gasteiger partial charge in [-0.2, -0.15) is 0 Å². The number of rotatable bonds is 6. The van der Waals surface area contributed by atoms with Gasteiger partial charge in [0.15, 0.2) is 5.58 Å². The van der Waals surface area contributed by atoms with Crippen LogP contribution in [0.3, 0.4) is 0 Å². The highest BCUT2D eigenvalue weighted by molar-refractivity contribution is 7.25. The number of hydrogen-bond acceptors (Lipinski definition) is 4. The molecular weight excluding hydrogens is 689 g/mol. The summed E-state index contributed by atoms with van der Waals surface area (Å²) in [5.74, 6) is 0.637. The molecule has 55 heavy (non-hydrogen) atoms. The van der Waals surface area contributed by atoms with Gasteiger partial charge in [0.1, 0.15) is 5.52 Å². The van der Waals surface area contributed by atoms with Crippen LogP contribution < -0.4 is 4.90 Å². The van der Waals surface area contributed by atoms with E-state index in [1.165, 1.54) is 31.3 Å². The first-order valence-corrected chi connectivity index (χ1v) is 19.3. The Morgan fingerprint density at radius 1 is 0.436 bits per heavy atom. The van der Waals surface area contributed by atoms with Crippen LogP contribution in [-0.2, 0) is 0 Å². The van der Waals surface area contributed by atoms with E-state index >= 15 is 0 Å². The quantitative estimate of drug-likeness (QED) is 0.160. The number of anilines is 3. The fourth-order valence-corrected chi connectivity index (χ4v) is 9.19. The molecule has 0 atom stereocenters. The van der Waals surface area contributed by atoms with Gasteiger partial charge in [0, 0.05) is 48.1 Å². The third-order valence-electron chi connectivity index (χ3n) is 10.7. The molecule has 0 bridgehead atoms. The molecule has 3 nitrogen and oxygen atoms in total. The maximum atomic E-state index is 6.49. The SMILES string of the molecule is c1ccc(-c2nc3ccc4ccc5cc(-c6cccc(N(c7ccc8c(c7)sc7ccccc78)c7ccccc7-c7ccccc7)c6)ccc5c4c3o2)cc1. The minimum Gasteiger partial charge on any atom is -0.435 e. The highest BCUT2D eigenvalue weighted by Crippen LogP contribution is 2.45. The van der Waals surface area contributed by atoms with E-state index in [1.807, 2.05) is 41.7 Å². The normalized spacial score (nSPS) is 11.6. The van der Waals surface area contributed by atoms with Gasteiger partial charge in [-0.25, -0.2) is 4.98 Å². The van der Waals surface area contributed by atoms with Crippen molar-refractivity contribution in [3.8, 4) is 33.7 Å².